The number of ether oxygens (including phenoxy) is 1. The monoisotopic (exact) mass is 559 g/mol. The van der Waals surface area contributed by atoms with E-state index >= 15 is 0 Å². The predicted octanol–water partition coefficient (Wildman–Crippen LogP) is 4.11. The summed E-state index contributed by atoms with van der Waals surface area (Å²) in [6, 6.07) is 15.2. The number of nitrogens with one attached hydrogen (secondary N) is 1. The number of para-hydroxylation sites is 1. The first-order chi connectivity index (χ1) is 19.4. The molecular weight excluding hydrogens is 526 g/mol. The molecule has 2 atom stereocenters. The van der Waals surface area contributed by atoms with Crippen molar-refractivity contribution in [2.75, 3.05) is 37.9 Å². The zero-order valence-electron chi connectivity index (χ0n) is 22.4. The van der Waals surface area contributed by atoms with Crippen molar-refractivity contribution in [3.8, 4) is 0 Å². The van der Waals surface area contributed by atoms with Crippen molar-refractivity contribution in [1.82, 2.24) is 14.8 Å². The van der Waals surface area contributed by atoms with Crippen LogP contribution in [-0.2, 0) is 14.8 Å². The molecule has 1 amide bonds. The van der Waals surface area contributed by atoms with E-state index in [9.17, 15) is 13.2 Å². The molecule has 3 heterocycles. The van der Waals surface area contributed by atoms with Crippen LogP contribution in [0.4, 0.5) is 5.69 Å². The third-order valence-electron chi connectivity index (χ3n) is 7.06. The van der Waals surface area contributed by atoms with Gasteiger partial charge in [0.2, 0.25) is 0 Å². The summed E-state index contributed by atoms with van der Waals surface area (Å²) in [6.45, 7) is 6.50. The van der Waals surface area contributed by atoms with Crippen molar-refractivity contribution in [2.24, 2.45) is 4.99 Å². The second-order valence-electron chi connectivity index (χ2n) is 9.72. The Morgan fingerprint density at radius 3 is 2.70 bits per heavy atom. The molecule has 3 aromatic rings. The van der Waals surface area contributed by atoms with Crippen LogP contribution in [0.25, 0.3) is 10.9 Å². The Hall–Kier alpha value is -3.86. The number of epoxide rings is 1. The maximum atomic E-state index is 13.3. The molecule has 0 aliphatic carbocycles. The lowest BCUT2D eigenvalue weighted by Crippen LogP contribution is -2.36. The first-order valence-corrected chi connectivity index (χ1v) is 14.8. The lowest BCUT2D eigenvalue weighted by Gasteiger charge is -2.21. The van der Waals surface area contributed by atoms with E-state index in [2.05, 4.69) is 26.2 Å². The van der Waals surface area contributed by atoms with Crippen molar-refractivity contribution in [2.45, 2.75) is 30.1 Å². The van der Waals surface area contributed by atoms with Crippen LogP contribution in [0.3, 0.4) is 0 Å². The fourth-order valence-corrected chi connectivity index (χ4v) is 6.18. The first-order valence-electron chi connectivity index (χ1n) is 13.3. The SMILES string of the molecule is C=CC/C=C\C(=NC)C1OC1N1CCCN(C(=O)c2ccc(NS(=O)(=O)c3cccc4cccnc34)cc2)CC1. The molecule has 0 bridgehead atoms. The van der Waals surface area contributed by atoms with E-state index in [0.29, 0.717) is 36.4 Å². The molecule has 9 nitrogen and oxygen atoms in total. The van der Waals surface area contributed by atoms with Crippen LogP contribution in [0.1, 0.15) is 23.2 Å². The molecule has 2 aromatic carbocycles. The number of hydrogen-bond donors (Lipinski definition) is 1. The average molecular weight is 560 g/mol. The quantitative estimate of drug-likeness (QED) is 0.240. The van der Waals surface area contributed by atoms with Gasteiger partial charge in [0, 0.05) is 56.1 Å². The van der Waals surface area contributed by atoms with Gasteiger partial charge in [0.05, 0.1) is 11.2 Å². The average Bonchev–Trinajstić information content (AvgIpc) is 3.78. The molecule has 1 aromatic heterocycles. The number of aromatic nitrogens is 1. The summed E-state index contributed by atoms with van der Waals surface area (Å²) in [7, 11) is -2.10. The highest BCUT2D eigenvalue weighted by Crippen LogP contribution is 2.29. The topological polar surface area (TPSA) is 108 Å². The number of nitrogens with zero attached hydrogens (tertiary/aromatic N) is 4. The smallest absolute Gasteiger partial charge is 0.264 e. The fourth-order valence-electron chi connectivity index (χ4n) is 4.94. The van der Waals surface area contributed by atoms with Crippen molar-refractivity contribution in [1.29, 1.82) is 0 Å². The number of carbonyl (C=O) groups excluding carboxylic acids is 1. The van der Waals surface area contributed by atoms with E-state index in [4.69, 9.17) is 4.74 Å². The molecule has 5 rings (SSSR count). The van der Waals surface area contributed by atoms with Crippen molar-refractivity contribution >= 4 is 38.2 Å². The Balaban J connectivity index is 1.19. The summed E-state index contributed by atoms with van der Waals surface area (Å²) in [5, 5.41) is 0.741. The van der Waals surface area contributed by atoms with Gasteiger partial charge in [-0.05, 0) is 55.3 Å². The number of rotatable bonds is 9. The number of amides is 1. The fraction of sp³-hybridized carbons (Fsp3) is 0.300. The molecule has 1 N–H and O–H groups in total. The van der Waals surface area contributed by atoms with Crippen LogP contribution in [0.15, 0.2) is 95.5 Å². The highest BCUT2D eigenvalue weighted by atomic mass is 32.2. The van der Waals surface area contributed by atoms with Gasteiger partial charge in [-0.15, -0.1) is 6.58 Å². The van der Waals surface area contributed by atoms with Crippen LogP contribution in [0.2, 0.25) is 0 Å². The van der Waals surface area contributed by atoms with E-state index in [1.807, 2.05) is 35.3 Å². The van der Waals surface area contributed by atoms with Gasteiger partial charge in [-0.2, -0.15) is 0 Å². The summed E-state index contributed by atoms with van der Waals surface area (Å²) in [5.74, 6) is -0.0778. The number of fused-ring (bicyclic) bond motifs is 1. The Kier molecular flexibility index (Phi) is 8.39. The predicted molar refractivity (Wildman–Crippen MR) is 157 cm³/mol. The third-order valence-corrected chi connectivity index (χ3v) is 8.47. The Morgan fingerprint density at radius 1 is 1.12 bits per heavy atom. The molecule has 10 heteroatoms. The maximum Gasteiger partial charge on any atom is 0.264 e. The standard InChI is InChI=1S/C30H33N5O4S/c1-3-4-5-11-25(31-2)28-30(39-28)35-19-8-18-34(20-21-35)29(36)23-13-15-24(16-14-23)33-40(37,38)26-12-6-9-22-10-7-17-32-27(22)26/h3,5-7,9-17,28,30,33H,1,4,8,18-21H2,2H3/b11-5-,31-25?. The minimum atomic E-state index is -3.87. The second-order valence-corrected chi connectivity index (χ2v) is 11.4. The van der Waals surface area contributed by atoms with E-state index in [1.165, 1.54) is 6.07 Å². The molecule has 0 radical (unpaired) electrons. The Morgan fingerprint density at radius 2 is 1.93 bits per heavy atom. The normalized spacial score (nSPS) is 20.4. The highest BCUT2D eigenvalue weighted by molar-refractivity contribution is 7.93. The number of anilines is 1. The van der Waals surface area contributed by atoms with Gasteiger partial charge in [0.15, 0.2) is 0 Å². The van der Waals surface area contributed by atoms with Gasteiger partial charge in [0.25, 0.3) is 15.9 Å². The second kappa shape index (κ2) is 12.1. The molecule has 2 unspecified atom stereocenters. The van der Waals surface area contributed by atoms with Crippen LogP contribution in [0, 0.1) is 0 Å². The maximum absolute atomic E-state index is 13.3. The number of carbonyl (C=O) groups is 1. The molecule has 2 saturated heterocycles. The van der Waals surface area contributed by atoms with E-state index in [1.54, 1.807) is 49.6 Å². The molecule has 40 heavy (non-hydrogen) atoms. The summed E-state index contributed by atoms with van der Waals surface area (Å²) in [4.78, 5) is 26.1. The van der Waals surface area contributed by atoms with Gasteiger partial charge < -0.3 is 9.64 Å². The number of allylic oxidation sites excluding steroid dienone is 2. The first kappa shape index (κ1) is 27.7. The Bertz CT molecular complexity index is 1550. The van der Waals surface area contributed by atoms with E-state index in [0.717, 1.165) is 30.5 Å². The number of benzene rings is 2. The summed E-state index contributed by atoms with van der Waals surface area (Å²) in [6.07, 6.45) is 8.97. The van der Waals surface area contributed by atoms with Crippen LogP contribution in [0.5, 0.6) is 0 Å². The summed E-state index contributed by atoms with van der Waals surface area (Å²) >= 11 is 0. The van der Waals surface area contributed by atoms with Gasteiger partial charge in [-0.25, -0.2) is 8.42 Å². The minimum absolute atomic E-state index is 0.0219. The van der Waals surface area contributed by atoms with Crippen LogP contribution < -0.4 is 4.72 Å². The zero-order chi connectivity index (χ0) is 28.1. The van der Waals surface area contributed by atoms with Crippen molar-refractivity contribution in [3.63, 3.8) is 0 Å². The zero-order valence-corrected chi connectivity index (χ0v) is 23.3. The summed E-state index contributed by atoms with van der Waals surface area (Å²) < 4.78 is 34.8. The van der Waals surface area contributed by atoms with Gasteiger partial charge in [0.1, 0.15) is 17.2 Å². The highest BCUT2D eigenvalue weighted by Gasteiger charge is 2.46. The van der Waals surface area contributed by atoms with E-state index in [-0.39, 0.29) is 23.1 Å². The lowest BCUT2D eigenvalue weighted by atomic mass is 10.2. The molecule has 208 valence electrons. The molecule has 2 aliphatic heterocycles. The van der Waals surface area contributed by atoms with Crippen LogP contribution >= 0.6 is 0 Å². The minimum Gasteiger partial charge on any atom is -0.346 e. The Labute approximate surface area is 234 Å². The van der Waals surface area contributed by atoms with Crippen LogP contribution in [-0.4, -0.2) is 80.4 Å². The number of hydrogen-bond acceptors (Lipinski definition) is 7. The molecule has 0 saturated carbocycles. The van der Waals surface area contributed by atoms with Gasteiger partial charge in [-0.1, -0.05) is 30.4 Å². The number of aliphatic imine (C=N–C) groups is 1. The lowest BCUT2D eigenvalue weighted by molar-refractivity contribution is 0.0757. The van der Waals surface area contributed by atoms with Gasteiger partial charge in [-0.3, -0.25) is 24.4 Å². The van der Waals surface area contributed by atoms with E-state index < -0.39 is 10.0 Å². The number of sulfonamides is 1. The number of pyridine rings is 1. The van der Waals surface area contributed by atoms with Crippen molar-refractivity contribution in [3.05, 3.63) is 91.2 Å². The molecular formula is C30H33N5O4S. The molecule has 0 spiro atoms. The molecule has 2 aliphatic rings. The van der Waals surface area contributed by atoms with Crippen molar-refractivity contribution < 1.29 is 17.9 Å². The largest absolute Gasteiger partial charge is 0.346 e. The van der Waals surface area contributed by atoms with Gasteiger partial charge >= 0.3 is 0 Å². The third kappa shape index (κ3) is 6.14. The summed E-state index contributed by atoms with van der Waals surface area (Å²) in [5.41, 5.74) is 2.21. The molecule has 2 fully saturated rings.